The number of amides is 2. The quantitative estimate of drug-likeness (QED) is 0.697. The first-order chi connectivity index (χ1) is 12.7. The number of hydrogen-bond acceptors (Lipinski definition) is 3. The van der Waals surface area contributed by atoms with E-state index in [0.717, 1.165) is 21.9 Å². The Morgan fingerprint density at radius 1 is 0.923 bits per heavy atom. The summed E-state index contributed by atoms with van der Waals surface area (Å²) in [5, 5.41) is 2.11. The number of fused-ring (bicyclic) bond motifs is 1. The molecule has 0 heterocycles. The largest absolute Gasteiger partial charge is 0.380 e. The maximum absolute atomic E-state index is 12.2. The summed E-state index contributed by atoms with van der Waals surface area (Å²) in [6, 6.07) is 20.8. The van der Waals surface area contributed by atoms with Crippen LogP contribution in [0.2, 0.25) is 0 Å². The predicted octanol–water partition coefficient (Wildman–Crippen LogP) is 2.99. The van der Waals surface area contributed by atoms with E-state index in [1.807, 2.05) is 48.5 Å². The molecule has 0 saturated carbocycles. The van der Waals surface area contributed by atoms with Crippen molar-refractivity contribution in [3.8, 4) is 0 Å². The van der Waals surface area contributed by atoms with Gasteiger partial charge in [-0.3, -0.25) is 20.4 Å². The van der Waals surface area contributed by atoms with Gasteiger partial charge in [0.25, 0.3) is 5.91 Å². The number of ether oxygens (including phenoxy) is 1. The summed E-state index contributed by atoms with van der Waals surface area (Å²) >= 11 is 0. The van der Waals surface area contributed by atoms with Gasteiger partial charge in [-0.1, -0.05) is 54.6 Å². The third-order valence-electron chi connectivity index (χ3n) is 4.05. The van der Waals surface area contributed by atoms with Crippen molar-refractivity contribution in [2.75, 3.05) is 7.11 Å². The van der Waals surface area contributed by atoms with Crippen LogP contribution in [0.1, 0.15) is 21.5 Å². The minimum absolute atomic E-state index is 0.186. The molecule has 0 aliphatic rings. The fourth-order valence-corrected chi connectivity index (χ4v) is 2.83. The lowest BCUT2D eigenvalue weighted by molar-refractivity contribution is -0.121. The average molecular weight is 348 g/mol. The molecule has 2 N–H and O–H groups in total. The Bertz CT molecular complexity index is 932. The first-order valence-corrected chi connectivity index (χ1v) is 8.31. The lowest BCUT2D eigenvalue weighted by atomic mass is 10.0. The molecule has 132 valence electrons. The van der Waals surface area contributed by atoms with Gasteiger partial charge in [0.2, 0.25) is 5.91 Å². The zero-order valence-corrected chi connectivity index (χ0v) is 14.5. The van der Waals surface area contributed by atoms with E-state index in [1.165, 1.54) is 0 Å². The van der Waals surface area contributed by atoms with Gasteiger partial charge in [0.1, 0.15) is 0 Å². The van der Waals surface area contributed by atoms with Gasteiger partial charge in [0.05, 0.1) is 13.0 Å². The number of benzene rings is 3. The lowest BCUT2D eigenvalue weighted by Crippen LogP contribution is -2.42. The molecule has 0 bridgehead atoms. The average Bonchev–Trinajstić information content (AvgIpc) is 2.67. The fraction of sp³-hybridized carbons (Fsp3) is 0.143. The van der Waals surface area contributed by atoms with Crippen molar-refractivity contribution in [2.24, 2.45) is 0 Å². The normalized spacial score (nSPS) is 10.5. The van der Waals surface area contributed by atoms with Crippen LogP contribution in [0.25, 0.3) is 10.8 Å². The van der Waals surface area contributed by atoms with Crippen molar-refractivity contribution in [3.63, 3.8) is 0 Å². The van der Waals surface area contributed by atoms with Crippen molar-refractivity contribution in [1.29, 1.82) is 0 Å². The van der Waals surface area contributed by atoms with Gasteiger partial charge in [0.15, 0.2) is 0 Å². The summed E-state index contributed by atoms with van der Waals surface area (Å²) in [5.74, 6) is -0.642. The highest BCUT2D eigenvalue weighted by Crippen LogP contribution is 2.18. The van der Waals surface area contributed by atoms with Crippen LogP contribution in [-0.4, -0.2) is 18.9 Å². The molecule has 2 amide bonds. The number of nitrogens with one attached hydrogen (secondary N) is 2. The van der Waals surface area contributed by atoms with E-state index in [1.54, 1.807) is 25.3 Å². The maximum Gasteiger partial charge on any atom is 0.269 e. The minimum Gasteiger partial charge on any atom is -0.380 e. The number of hydrogen-bond donors (Lipinski definition) is 2. The minimum atomic E-state index is -0.366. The van der Waals surface area contributed by atoms with Crippen LogP contribution < -0.4 is 10.9 Å². The van der Waals surface area contributed by atoms with E-state index in [9.17, 15) is 9.59 Å². The van der Waals surface area contributed by atoms with Gasteiger partial charge in [0, 0.05) is 12.7 Å². The molecule has 0 aliphatic carbocycles. The molecule has 0 aliphatic heterocycles. The SMILES string of the molecule is COCc1cccc(C(=O)NNC(=O)Cc2cccc3ccccc23)c1. The standard InChI is InChI=1S/C21H20N2O3/c1-26-14-15-6-4-10-18(12-15)21(25)23-22-20(24)13-17-9-5-8-16-7-2-3-11-19(16)17/h2-12H,13-14H2,1H3,(H,22,24)(H,23,25). The van der Waals surface area contributed by atoms with Crippen molar-refractivity contribution in [3.05, 3.63) is 83.4 Å². The molecule has 5 nitrogen and oxygen atoms in total. The smallest absolute Gasteiger partial charge is 0.269 e. The van der Waals surface area contributed by atoms with Gasteiger partial charge >= 0.3 is 0 Å². The molecule has 3 rings (SSSR count). The second-order valence-electron chi connectivity index (χ2n) is 5.95. The highest BCUT2D eigenvalue weighted by atomic mass is 16.5. The Morgan fingerprint density at radius 2 is 1.69 bits per heavy atom. The summed E-state index contributed by atoms with van der Waals surface area (Å²) < 4.78 is 5.06. The number of hydrazine groups is 1. The maximum atomic E-state index is 12.2. The molecule has 3 aromatic rings. The van der Waals surface area contributed by atoms with Gasteiger partial charge in [-0.05, 0) is 34.0 Å². The van der Waals surface area contributed by atoms with Crippen LogP contribution in [0.4, 0.5) is 0 Å². The number of rotatable bonds is 5. The molecule has 0 saturated heterocycles. The van der Waals surface area contributed by atoms with Crippen molar-refractivity contribution < 1.29 is 14.3 Å². The van der Waals surface area contributed by atoms with Gasteiger partial charge in [-0.15, -0.1) is 0 Å². The first kappa shape index (κ1) is 17.6. The third-order valence-corrected chi connectivity index (χ3v) is 4.05. The third kappa shape index (κ3) is 4.26. The van der Waals surface area contributed by atoms with Crippen LogP contribution >= 0.6 is 0 Å². The van der Waals surface area contributed by atoms with E-state index in [2.05, 4.69) is 10.9 Å². The summed E-state index contributed by atoms with van der Waals surface area (Å²) in [6.07, 6.45) is 0.186. The second-order valence-corrected chi connectivity index (χ2v) is 5.95. The lowest BCUT2D eigenvalue weighted by Gasteiger charge is -2.10. The molecule has 0 aromatic heterocycles. The predicted molar refractivity (Wildman–Crippen MR) is 100 cm³/mol. The summed E-state index contributed by atoms with van der Waals surface area (Å²) in [5.41, 5.74) is 7.20. The number of carbonyl (C=O) groups excluding carboxylic acids is 2. The van der Waals surface area contributed by atoms with E-state index in [4.69, 9.17) is 4.74 Å². The Labute approximate surface area is 152 Å². The Balaban J connectivity index is 1.62. The highest BCUT2D eigenvalue weighted by Gasteiger charge is 2.10. The van der Waals surface area contributed by atoms with E-state index in [-0.39, 0.29) is 18.2 Å². The van der Waals surface area contributed by atoms with E-state index < -0.39 is 0 Å². The molecule has 0 atom stereocenters. The summed E-state index contributed by atoms with van der Waals surface area (Å²) in [4.78, 5) is 24.4. The number of methoxy groups -OCH3 is 1. The van der Waals surface area contributed by atoms with Crippen LogP contribution in [-0.2, 0) is 22.6 Å². The van der Waals surface area contributed by atoms with E-state index >= 15 is 0 Å². The Hall–Kier alpha value is -3.18. The fourth-order valence-electron chi connectivity index (χ4n) is 2.83. The molecular formula is C21H20N2O3. The molecule has 26 heavy (non-hydrogen) atoms. The molecule has 0 unspecified atom stereocenters. The summed E-state index contributed by atoms with van der Waals surface area (Å²) in [6.45, 7) is 0.425. The topological polar surface area (TPSA) is 67.4 Å². The molecule has 0 fully saturated rings. The van der Waals surface area contributed by atoms with Crippen LogP contribution in [0.3, 0.4) is 0 Å². The van der Waals surface area contributed by atoms with E-state index in [0.29, 0.717) is 12.2 Å². The van der Waals surface area contributed by atoms with Gasteiger partial charge < -0.3 is 4.74 Å². The molecule has 0 radical (unpaired) electrons. The molecular weight excluding hydrogens is 328 g/mol. The zero-order valence-electron chi connectivity index (χ0n) is 14.5. The molecule has 5 heteroatoms. The zero-order chi connectivity index (χ0) is 18.4. The van der Waals surface area contributed by atoms with Crippen molar-refractivity contribution in [1.82, 2.24) is 10.9 Å². The highest BCUT2D eigenvalue weighted by molar-refractivity contribution is 5.96. The summed E-state index contributed by atoms with van der Waals surface area (Å²) in [7, 11) is 1.60. The number of carbonyl (C=O) groups is 2. The Morgan fingerprint density at radius 3 is 2.54 bits per heavy atom. The molecule has 0 spiro atoms. The molecule has 3 aromatic carbocycles. The van der Waals surface area contributed by atoms with Crippen LogP contribution in [0.15, 0.2) is 66.7 Å². The van der Waals surface area contributed by atoms with Gasteiger partial charge in [-0.2, -0.15) is 0 Å². The first-order valence-electron chi connectivity index (χ1n) is 8.31. The van der Waals surface area contributed by atoms with Crippen LogP contribution in [0, 0.1) is 0 Å². The second kappa shape index (κ2) is 8.27. The Kier molecular flexibility index (Phi) is 5.61. The monoisotopic (exact) mass is 348 g/mol. The van der Waals surface area contributed by atoms with Crippen molar-refractivity contribution >= 4 is 22.6 Å². The van der Waals surface area contributed by atoms with Crippen LogP contribution in [0.5, 0.6) is 0 Å². The van der Waals surface area contributed by atoms with Gasteiger partial charge in [-0.25, -0.2) is 0 Å². The van der Waals surface area contributed by atoms with Crippen molar-refractivity contribution in [2.45, 2.75) is 13.0 Å².